The number of aromatic carboxylic acids is 1. The van der Waals surface area contributed by atoms with E-state index >= 15 is 0 Å². The molecule has 0 atom stereocenters. The van der Waals surface area contributed by atoms with Gasteiger partial charge in [-0.05, 0) is 38.2 Å². The van der Waals surface area contributed by atoms with Crippen LogP contribution in [0.15, 0.2) is 27.3 Å². The lowest BCUT2D eigenvalue weighted by Gasteiger charge is -2.12. The molecule has 0 saturated carbocycles. The number of hydrogen-bond acceptors (Lipinski definition) is 4. The topological polar surface area (TPSA) is 83.5 Å². The maximum Gasteiger partial charge on any atom is 0.336 e. The predicted molar refractivity (Wildman–Crippen MR) is 77.6 cm³/mol. The van der Waals surface area contributed by atoms with Gasteiger partial charge in [-0.1, -0.05) is 11.6 Å². The van der Waals surface area contributed by atoms with Gasteiger partial charge in [0.15, 0.2) is 0 Å². The number of hydrogen-bond donors (Lipinski definition) is 2. The van der Waals surface area contributed by atoms with Crippen LogP contribution in [-0.4, -0.2) is 26.0 Å². The van der Waals surface area contributed by atoms with Crippen molar-refractivity contribution < 1.29 is 18.3 Å². The normalized spacial score (nSPS) is 15.9. The van der Waals surface area contributed by atoms with Gasteiger partial charge in [-0.15, -0.1) is 11.3 Å². The van der Waals surface area contributed by atoms with Gasteiger partial charge in [0.05, 0.1) is 5.56 Å². The van der Waals surface area contributed by atoms with Crippen LogP contribution in [0.3, 0.4) is 0 Å². The third-order valence-electron chi connectivity index (χ3n) is 3.21. The largest absolute Gasteiger partial charge is 0.478 e. The number of nitrogens with one attached hydrogen (secondary N) is 1. The summed E-state index contributed by atoms with van der Waals surface area (Å²) in [5.41, 5.74) is 1.31. The highest BCUT2D eigenvalue weighted by Gasteiger charge is 2.18. The van der Waals surface area contributed by atoms with Crippen molar-refractivity contribution in [1.29, 1.82) is 0 Å². The van der Waals surface area contributed by atoms with Crippen molar-refractivity contribution in [3.8, 4) is 0 Å². The van der Waals surface area contributed by atoms with E-state index in [0.29, 0.717) is 6.54 Å². The summed E-state index contributed by atoms with van der Waals surface area (Å²) in [7, 11) is -3.60. The second kappa shape index (κ2) is 6.51. The Hall–Kier alpha value is -1.18. The summed E-state index contributed by atoms with van der Waals surface area (Å²) in [5.74, 6) is -1.12. The van der Waals surface area contributed by atoms with Crippen molar-refractivity contribution in [3.05, 3.63) is 28.7 Å². The molecule has 2 N–H and O–H groups in total. The fraction of sp³-hybridized carbons (Fsp3) is 0.462. The average molecular weight is 315 g/mol. The number of allylic oxidation sites excluding steroid dienone is 1. The molecule has 0 bridgehead atoms. The molecular weight excluding hydrogens is 298 g/mol. The van der Waals surface area contributed by atoms with Gasteiger partial charge in [-0.2, -0.15) is 0 Å². The van der Waals surface area contributed by atoms with Gasteiger partial charge in [0, 0.05) is 11.9 Å². The first-order valence-electron chi connectivity index (χ1n) is 6.48. The fourth-order valence-corrected chi connectivity index (χ4v) is 4.35. The summed E-state index contributed by atoms with van der Waals surface area (Å²) in [4.78, 5) is 10.7. The van der Waals surface area contributed by atoms with E-state index < -0.39 is 16.0 Å². The van der Waals surface area contributed by atoms with E-state index in [1.165, 1.54) is 29.9 Å². The first-order valence-corrected chi connectivity index (χ1v) is 8.85. The Labute approximate surface area is 122 Å². The van der Waals surface area contributed by atoms with Gasteiger partial charge < -0.3 is 5.11 Å². The molecule has 20 heavy (non-hydrogen) atoms. The molecule has 0 unspecified atom stereocenters. The molecule has 0 fully saturated rings. The van der Waals surface area contributed by atoms with Gasteiger partial charge in [-0.25, -0.2) is 17.9 Å². The Bertz CT molecular complexity index is 616. The summed E-state index contributed by atoms with van der Waals surface area (Å²) >= 11 is 0.925. The highest BCUT2D eigenvalue weighted by Crippen LogP contribution is 2.22. The van der Waals surface area contributed by atoms with Gasteiger partial charge in [0.1, 0.15) is 4.21 Å². The Balaban J connectivity index is 1.93. The Kier molecular flexibility index (Phi) is 4.95. The zero-order valence-electron chi connectivity index (χ0n) is 11.0. The van der Waals surface area contributed by atoms with E-state index in [4.69, 9.17) is 5.11 Å². The lowest BCUT2D eigenvalue weighted by atomic mass is 9.97. The van der Waals surface area contributed by atoms with Crippen molar-refractivity contribution in [1.82, 2.24) is 4.72 Å². The summed E-state index contributed by atoms with van der Waals surface area (Å²) in [5, 5.41) is 10.1. The molecule has 1 heterocycles. The third kappa shape index (κ3) is 3.91. The number of carbonyl (C=O) groups is 1. The number of rotatable bonds is 6. The Morgan fingerprint density at radius 3 is 2.80 bits per heavy atom. The number of carboxylic acids is 1. The van der Waals surface area contributed by atoms with Crippen LogP contribution in [0, 0.1) is 0 Å². The monoisotopic (exact) mass is 315 g/mol. The molecule has 1 aromatic heterocycles. The zero-order valence-corrected chi connectivity index (χ0v) is 12.6. The molecule has 2 rings (SSSR count). The molecule has 0 saturated heterocycles. The molecule has 0 amide bonds. The van der Waals surface area contributed by atoms with Crippen molar-refractivity contribution in [3.63, 3.8) is 0 Å². The maximum absolute atomic E-state index is 12.0. The first-order chi connectivity index (χ1) is 9.49. The lowest BCUT2D eigenvalue weighted by Crippen LogP contribution is -2.24. The average Bonchev–Trinajstić information content (AvgIpc) is 2.90. The minimum atomic E-state index is -3.60. The number of sulfonamides is 1. The molecule has 0 aromatic carbocycles. The summed E-state index contributed by atoms with van der Waals surface area (Å²) in [6.45, 7) is 0.356. The van der Waals surface area contributed by atoms with Crippen molar-refractivity contribution in [2.75, 3.05) is 6.54 Å². The summed E-state index contributed by atoms with van der Waals surface area (Å²) in [6.07, 6.45) is 7.41. The van der Waals surface area contributed by atoms with E-state index in [1.54, 1.807) is 0 Å². The summed E-state index contributed by atoms with van der Waals surface area (Å²) < 4.78 is 26.6. The van der Waals surface area contributed by atoms with Crippen LogP contribution in [0.1, 0.15) is 42.5 Å². The van der Waals surface area contributed by atoms with Crippen molar-refractivity contribution >= 4 is 27.3 Å². The quantitative estimate of drug-likeness (QED) is 0.790. The SMILES string of the molecule is O=C(O)c1csc(S(=O)(=O)NCCC2=CCCCC2)c1. The van der Waals surface area contributed by atoms with Crippen LogP contribution in [0.2, 0.25) is 0 Å². The van der Waals surface area contributed by atoms with Crippen LogP contribution < -0.4 is 4.72 Å². The molecule has 110 valence electrons. The highest BCUT2D eigenvalue weighted by molar-refractivity contribution is 7.91. The van der Waals surface area contributed by atoms with E-state index in [9.17, 15) is 13.2 Å². The van der Waals surface area contributed by atoms with Crippen molar-refractivity contribution in [2.24, 2.45) is 0 Å². The highest BCUT2D eigenvalue weighted by atomic mass is 32.2. The predicted octanol–water partition coefficient (Wildman–Crippen LogP) is 2.62. The lowest BCUT2D eigenvalue weighted by molar-refractivity contribution is 0.0697. The molecule has 0 spiro atoms. The standard InChI is InChI=1S/C13H17NO4S2/c15-13(16)11-8-12(19-9-11)20(17,18)14-7-6-10-4-2-1-3-5-10/h4,8-9,14H,1-3,5-7H2,(H,15,16). The van der Waals surface area contributed by atoms with Gasteiger partial charge >= 0.3 is 5.97 Å². The molecule has 1 aromatic rings. The number of carboxylic acid groups (broad SMARTS) is 1. The molecule has 5 nitrogen and oxygen atoms in total. The Morgan fingerprint density at radius 1 is 1.40 bits per heavy atom. The van der Waals surface area contributed by atoms with E-state index in [1.807, 2.05) is 0 Å². The first kappa shape index (κ1) is 15.2. The molecule has 1 aliphatic rings. The third-order valence-corrected chi connectivity index (χ3v) is 6.11. The number of thiophene rings is 1. The molecule has 7 heteroatoms. The molecular formula is C13H17NO4S2. The van der Waals surface area contributed by atoms with E-state index in [2.05, 4.69) is 10.8 Å². The van der Waals surface area contributed by atoms with Gasteiger partial charge in [-0.3, -0.25) is 0 Å². The smallest absolute Gasteiger partial charge is 0.336 e. The van der Waals surface area contributed by atoms with Crippen LogP contribution in [0.5, 0.6) is 0 Å². The van der Waals surface area contributed by atoms with Crippen LogP contribution in [0.4, 0.5) is 0 Å². The summed E-state index contributed by atoms with van der Waals surface area (Å²) in [6, 6.07) is 1.19. The van der Waals surface area contributed by atoms with Crippen molar-refractivity contribution in [2.45, 2.75) is 36.3 Å². The van der Waals surface area contributed by atoms with Crippen LogP contribution >= 0.6 is 11.3 Å². The Morgan fingerprint density at radius 2 is 2.20 bits per heavy atom. The van der Waals surface area contributed by atoms with Gasteiger partial charge in [0.25, 0.3) is 0 Å². The second-order valence-corrected chi connectivity index (χ2v) is 7.62. The molecule has 1 aliphatic carbocycles. The zero-order chi connectivity index (χ0) is 14.6. The van der Waals surface area contributed by atoms with Crippen LogP contribution in [-0.2, 0) is 10.0 Å². The minimum absolute atomic E-state index is 0.00497. The van der Waals surface area contributed by atoms with E-state index in [0.717, 1.165) is 30.6 Å². The maximum atomic E-state index is 12.0. The molecule has 0 radical (unpaired) electrons. The van der Waals surface area contributed by atoms with E-state index in [-0.39, 0.29) is 9.77 Å². The molecule has 0 aliphatic heterocycles. The fourth-order valence-electron chi connectivity index (χ4n) is 2.12. The van der Waals surface area contributed by atoms with Gasteiger partial charge in [0.2, 0.25) is 10.0 Å². The second-order valence-electron chi connectivity index (χ2n) is 4.72. The minimum Gasteiger partial charge on any atom is -0.478 e. The van der Waals surface area contributed by atoms with Crippen LogP contribution in [0.25, 0.3) is 0 Å².